The molecule has 3 nitrogen and oxygen atoms in total. The minimum atomic E-state index is 0.885. The van der Waals surface area contributed by atoms with Gasteiger partial charge in [0.2, 0.25) is 11.4 Å². The van der Waals surface area contributed by atoms with Gasteiger partial charge in [0.1, 0.15) is 4.70 Å². The minimum Gasteiger partial charge on any atom is -0.439 e. The summed E-state index contributed by atoms with van der Waals surface area (Å²) < 4.78 is 10.0. The van der Waals surface area contributed by atoms with Crippen LogP contribution in [0.25, 0.3) is 16.3 Å². The summed E-state index contributed by atoms with van der Waals surface area (Å²) in [6, 6.07) is 17.0. The van der Waals surface area contributed by atoms with E-state index in [4.69, 9.17) is 16.3 Å². The summed E-state index contributed by atoms with van der Waals surface area (Å²) in [5.41, 5.74) is 4.87. The van der Waals surface area contributed by atoms with Gasteiger partial charge >= 0.3 is 0 Å². The fourth-order valence-corrected chi connectivity index (χ4v) is 6.40. The number of nitrogens with zero attached hydrogens (tertiary/aromatic N) is 2. The lowest BCUT2D eigenvalue weighted by molar-refractivity contribution is -0.669. The van der Waals surface area contributed by atoms with Crippen LogP contribution < -0.4 is 14.2 Å². The number of allylic oxidation sites excluding steroid dienone is 6. The van der Waals surface area contributed by atoms with Crippen molar-refractivity contribution < 1.29 is 9.30 Å². The number of ether oxygens (including phenoxy) is 1. The van der Waals surface area contributed by atoms with Gasteiger partial charge in [0.05, 0.1) is 5.69 Å². The summed E-state index contributed by atoms with van der Waals surface area (Å²) in [5.74, 6) is 1.81. The van der Waals surface area contributed by atoms with E-state index in [2.05, 4.69) is 84.0 Å². The predicted octanol–water partition coefficient (Wildman–Crippen LogP) is 9.15. The van der Waals surface area contributed by atoms with Gasteiger partial charge in [-0.1, -0.05) is 86.0 Å². The normalized spacial score (nSPS) is 18.0. The second-order valence-electron chi connectivity index (χ2n) is 9.71. The number of hydrogen-bond donors (Lipinski definition) is 0. The Morgan fingerprint density at radius 3 is 2.65 bits per heavy atom. The van der Waals surface area contributed by atoms with Crippen LogP contribution >= 0.6 is 22.9 Å². The second kappa shape index (κ2) is 12.1. The lowest BCUT2D eigenvalue weighted by atomic mass is 9.94. The van der Waals surface area contributed by atoms with Gasteiger partial charge in [-0.05, 0) is 61.1 Å². The van der Waals surface area contributed by atoms with E-state index in [1.165, 1.54) is 39.2 Å². The van der Waals surface area contributed by atoms with Crippen molar-refractivity contribution in [3.63, 3.8) is 0 Å². The van der Waals surface area contributed by atoms with E-state index >= 15 is 0 Å². The molecule has 0 saturated heterocycles. The van der Waals surface area contributed by atoms with Gasteiger partial charge in [-0.25, -0.2) is 0 Å². The highest BCUT2D eigenvalue weighted by Crippen LogP contribution is 2.39. The second-order valence-corrected chi connectivity index (χ2v) is 11.2. The molecule has 5 rings (SSSR count). The lowest BCUT2D eigenvalue weighted by Gasteiger charge is -2.19. The zero-order chi connectivity index (χ0) is 25.6. The molecule has 1 aliphatic heterocycles. The Morgan fingerprint density at radius 1 is 0.973 bits per heavy atom. The fraction of sp³-hybridized carbons (Fsp3) is 0.344. The van der Waals surface area contributed by atoms with Crippen molar-refractivity contribution in [3.05, 3.63) is 93.8 Å². The van der Waals surface area contributed by atoms with E-state index < -0.39 is 0 Å². The number of fused-ring (bicyclic) bond motifs is 2. The zero-order valence-corrected chi connectivity index (χ0v) is 23.5. The number of halogens is 1. The maximum atomic E-state index is 6.98. The molecule has 0 N–H and O–H groups in total. The minimum absolute atomic E-state index is 0.885. The molecule has 0 fully saturated rings. The first-order valence-corrected chi connectivity index (χ1v) is 14.8. The molecule has 2 aliphatic rings. The molecule has 1 aliphatic carbocycles. The molecule has 0 bridgehead atoms. The standard InChI is InChI=1S/C32H36ClN2OS/c1-3-5-22-34-26-14-7-9-16-28(26)36-30(34)20-18-24-12-11-13-25(32(24)33)19-21-31-35(23-6-4-2)27-15-8-10-17-29(27)37-31/h7-10,14-21H,3-6,11-13,22-23H2,1-2H3/q+1. The first-order chi connectivity index (χ1) is 18.2. The molecule has 0 saturated carbocycles. The van der Waals surface area contributed by atoms with E-state index in [0.717, 1.165) is 67.5 Å². The van der Waals surface area contributed by atoms with Crippen molar-refractivity contribution in [2.45, 2.75) is 65.3 Å². The summed E-state index contributed by atoms with van der Waals surface area (Å²) in [4.78, 5) is 2.29. The van der Waals surface area contributed by atoms with Gasteiger partial charge in [0.25, 0.3) is 5.01 Å². The van der Waals surface area contributed by atoms with Crippen molar-refractivity contribution in [2.75, 3.05) is 11.4 Å². The number of para-hydroxylation sites is 3. The Labute approximate surface area is 230 Å². The van der Waals surface area contributed by atoms with Crippen LogP contribution in [0.4, 0.5) is 5.69 Å². The van der Waals surface area contributed by atoms with Crippen molar-refractivity contribution in [2.24, 2.45) is 0 Å². The van der Waals surface area contributed by atoms with Gasteiger partial charge in [0, 0.05) is 30.1 Å². The van der Waals surface area contributed by atoms with E-state index in [1.54, 1.807) is 0 Å². The Balaban J connectivity index is 1.41. The lowest BCUT2D eigenvalue weighted by Crippen LogP contribution is -2.34. The predicted molar refractivity (Wildman–Crippen MR) is 158 cm³/mol. The molecule has 2 aromatic carbocycles. The van der Waals surface area contributed by atoms with Crippen molar-refractivity contribution >= 4 is 44.9 Å². The largest absolute Gasteiger partial charge is 0.439 e. The Hall–Kier alpha value is -2.82. The summed E-state index contributed by atoms with van der Waals surface area (Å²) in [6.07, 6.45) is 16.5. The number of benzene rings is 2. The zero-order valence-electron chi connectivity index (χ0n) is 21.9. The molecule has 0 atom stereocenters. The van der Waals surface area contributed by atoms with Gasteiger partial charge in [-0.3, -0.25) is 0 Å². The molecule has 37 heavy (non-hydrogen) atoms. The summed E-state index contributed by atoms with van der Waals surface area (Å²) in [7, 11) is 0. The van der Waals surface area contributed by atoms with Crippen molar-refractivity contribution in [1.82, 2.24) is 0 Å². The van der Waals surface area contributed by atoms with Crippen LogP contribution in [-0.4, -0.2) is 6.54 Å². The topological polar surface area (TPSA) is 16.4 Å². The number of aromatic nitrogens is 1. The van der Waals surface area contributed by atoms with E-state index in [1.807, 2.05) is 23.5 Å². The molecule has 0 radical (unpaired) electrons. The molecule has 3 aromatic rings. The van der Waals surface area contributed by atoms with Crippen LogP contribution in [0.1, 0.15) is 63.8 Å². The maximum Gasteiger partial charge on any atom is 0.262 e. The summed E-state index contributed by atoms with van der Waals surface area (Å²) >= 11 is 8.84. The summed E-state index contributed by atoms with van der Waals surface area (Å²) in [5, 5.41) is 2.17. The highest BCUT2D eigenvalue weighted by Gasteiger charge is 2.25. The highest BCUT2D eigenvalue weighted by atomic mass is 35.5. The van der Waals surface area contributed by atoms with Crippen molar-refractivity contribution in [1.29, 1.82) is 0 Å². The third-order valence-corrected chi connectivity index (χ3v) is 8.67. The molecule has 5 heteroatoms. The van der Waals surface area contributed by atoms with Gasteiger partial charge in [-0.15, -0.1) is 0 Å². The molecular formula is C32H36ClN2OS+. The number of hydrogen-bond acceptors (Lipinski definition) is 3. The van der Waals surface area contributed by atoms with E-state index in [0.29, 0.717) is 0 Å². The SMILES string of the molecule is CCCCN1C(=CC=C2CCCC(C=Cc3sc4ccccc4[n+]3CCCC)=C2Cl)Oc2ccccc21. The van der Waals surface area contributed by atoms with Gasteiger partial charge < -0.3 is 9.64 Å². The Morgan fingerprint density at radius 2 is 1.78 bits per heavy atom. The van der Waals surface area contributed by atoms with Crippen LogP contribution in [-0.2, 0) is 6.54 Å². The Bertz CT molecular complexity index is 1380. The van der Waals surface area contributed by atoms with E-state index in [9.17, 15) is 0 Å². The number of aryl methyl sites for hydroxylation is 1. The number of rotatable bonds is 9. The monoisotopic (exact) mass is 531 g/mol. The molecular weight excluding hydrogens is 496 g/mol. The average molecular weight is 532 g/mol. The highest BCUT2D eigenvalue weighted by molar-refractivity contribution is 7.18. The molecule has 0 amide bonds. The third kappa shape index (κ3) is 5.71. The molecule has 0 unspecified atom stereocenters. The van der Waals surface area contributed by atoms with Crippen LogP contribution in [0.3, 0.4) is 0 Å². The third-order valence-electron chi connectivity index (χ3n) is 7.05. The number of thiazole rings is 1. The van der Waals surface area contributed by atoms with E-state index in [-0.39, 0.29) is 0 Å². The van der Waals surface area contributed by atoms with Gasteiger partial charge in [-0.2, -0.15) is 4.57 Å². The number of anilines is 1. The molecule has 192 valence electrons. The molecule has 2 heterocycles. The Kier molecular flexibility index (Phi) is 8.48. The molecule has 0 spiro atoms. The first kappa shape index (κ1) is 25.8. The van der Waals surface area contributed by atoms with Gasteiger partial charge in [0.15, 0.2) is 12.3 Å². The van der Waals surface area contributed by atoms with Crippen LogP contribution in [0.15, 0.2) is 88.8 Å². The fourth-order valence-electron chi connectivity index (χ4n) is 5.00. The van der Waals surface area contributed by atoms with Crippen LogP contribution in [0.2, 0.25) is 0 Å². The average Bonchev–Trinajstić information content (AvgIpc) is 3.46. The first-order valence-electron chi connectivity index (χ1n) is 13.6. The van der Waals surface area contributed by atoms with Crippen LogP contribution in [0, 0.1) is 0 Å². The summed E-state index contributed by atoms with van der Waals surface area (Å²) in [6.45, 7) is 6.47. The number of unbranched alkanes of at least 4 members (excludes halogenated alkanes) is 2. The van der Waals surface area contributed by atoms with Crippen LogP contribution in [0.5, 0.6) is 5.75 Å². The van der Waals surface area contributed by atoms with Crippen molar-refractivity contribution in [3.8, 4) is 5.75 Å². The quantitative estimate of drug-likeness (QED) is 0.256. The smallest absolute Gasteiger partial charge is 0.262 e. The maximum absolute atomic E-state index is 6.98. The molecule has 1 aromatic heterocycles.